The van der Waals surface area contributed by atoms with Gasteiger partial charge in [0, 0.05) is 50.0 Å². The molecule has 4 heterocycles. The van der Waals surface area contributed by atoms with Gasteiger partial charge in [-0.1, -0.05) is 115 Å². The second-order valence-electron chi connectivity index (χ2n) is 14.4. The first-order chi connectivity index (χ1) is 28.7. The molecule has 0 fully saturated rings. The molecule has 11 aromatic rings. The lowest BCUT2D eigenvalue weighted by Crippen LogP contribution is -2.00. The van der Waals surface area contributed by atoms with Gasteiger partial charge in [0.25, 0.3) is 0 Å². The fourth-order valence-corrected chi connectivity index (χ4v) is 8.10. The number of ether oxygens (including phenoxy) is 2. The van der Waals surface area contributed by atoms with E-state index < -0.39 is 0 Å². The van der Waals surface area contributed by atoms with Crippen molar-refractivity contribution in [2.45, 2.75) is 0 Å². The lowest BCUT2D eigenvalue weighted by molar-refractivity contribution is 0.360. The molecule has 0 saturated heterocycles. The summed E-state index contributed by atoms with van der Waals surface area (Å²) < 4.78 is 21.1. The van der Waals surface area contributed by atoms with E-state index in [9.17, 15) is 0 Å². The highest BCUT2D eigenvalue weighted by atomic mass is 16.6. The summed E-state index contributed by atoms with van der Waals surface area (Å²) in [6.45, 7) is 0. The van der Waals surface area contributed by atoms with Gasteiger partial charge in [-0.25, -0.2) is 15.0 Å². The Morgan fingerprint density at radius 3 is 1.52 bits per heavy atom. The summed E-state index contributed by atoms with van der Waals surface area (Å²) in [6.07, 6.45) is 0. The van der Waals surface area contributed by atoms with E-state index in [0.29, 0.717) is 40.5 Å². The minimum atomic E-state index is 0.596. The molecule has 3 aromatic heterocycles. The summed E-state index contributed by atoms with van der Waals surface area (Å²) in [5.41, 5.74) is 9.73. The van der Waals surface area contributed by atoms with Crippen molar-refractivity contribution in [1.29, 1.82) is 0 Å². The largest absolute Gasteiger partial charge is 0.456 e. The quantitative estimate of drug-likeness (QED) is 0.175. The zero-order chi connectivity index (χ0) is 38.2. The first kappa shape index (κ1) is 32.2. The SMILES string of the molecule is c1ccc(-c2nc(-c3ccc(-c4ccc5c(c4)Oc4cc6c(cc4O5)oc4ccccc46)cc3)nc(-c3ccc(-n4c5ccccc5c5ccccc54)cc3)n2)cc1. The summed E-state index contributed by atoms with van der Waals surface area (Å²) in [4.78, 5) is 15.0. The molecule has 0 spiro atoms. The highest BCUT2D eigenvalue weighted by molar-refractivity contribution is 6.09. The van der Waals surface area contributed by atoms with Gasteiger partial charge < -0.3 is 18.5 Å². The number of hydrogen-bond donors (Lipinski definition) is 0. The Balaban J connectivity index is 0.877. The van der Waals surface area contributed by atoms with E-state index in [1.165, 1.54) is 21.8 Å². The van der Waals surface area contributed by atoms with E-state index in [1.54, 1.807) is 0 Å². The van der Waals surface area contributed by atoms with Crippen LogP contribution < -0.4 is 9.47 Å². The molecule has 0 bridgehead atoms. The molecule has 0 N–H and O–H groups in total. The molecule has 0 unspecified atom stereocenters. The van der Waals surface area contributed by atoms with Crippen LogP contribution in [-0.2, 0) is 0 Å². The number of rotatable bonds is 5. The van der Waals surface area contributed by atoms with Crippen LogP contribution >= 0.6 is 0 Å². The molecule has 7 nitrogen and oxygen atoms in total. The fraction of sp³-hybridized carbons (Fsp3) is 0. The smallest absolute Gasteiger partial charge is 0.173 e. The van der Waals surface area contributed by atoms with Crippen molar-refractivity contribution in [3.8, 4) is 74.0 Å². The average Bonchev–Trinajstić information content (AvgIpc) is 3.83. The second-order valence-corrected chi connectivity index (χ2v) is 14.4. The summed E-state index contributed by atoms with van der Waals surface area (Å²) in [7, 11) is 0. The summed E-state index contributed by atoms with van der Waals surface area (Å²) in [5, 5.41) is 4.49. The van der Waals surface area contributed by atoms with Crippen LogP contribution in [0.3, 0.4) is 0 Å². The summed E-state index contributed by atoms with van der Waals surface area (Å²) in [6, 6.07) is 61.8. The van der Waals surface area contributed by atoms with Gasteiger partial charge in [-0.15, -0.1) is 0 Å². The molecule has 0 saturated carbocycles. The molecule has 0 aliphatic carbocycles. The Bertz CT molecular complexity index is 3330. The van der Waals surface area contributed by atoms with Crippen molar-refractivity contribution in [2.24, 2.45) is 0 Å². The molecule has 7 heteroatoms. The van der Waals surface area contributed by atoms with Gasteiger partial charge in [-0.3, -0.25) is 0 Å². The van der Waals surface area contributed by atoms with Crippen LogP contribution in [0.2, 0.25) is 0 Å². The van der Waals surface area contributed by atoms with Gasteiger partial charge >= 0.3 is 0 Å². The molecule has 0 amide bonds. The van der Waals surface area contributed by atoms with Crippen molar-refractivity contribution in [3.05, 3.63) is 182 Å². The van der Waals surface area contributed by atoms with Crippen molar-refractivity contribution < 1.29 is 13.9 Å². The zero-order valence-electron chi connectivity index (χ0n) is 30.8. The molecule has 0 radical (unpaired) electrons. The van der Waals surface area contributed by atoms with E-state index >= 15 is 0 Å². The Hall–Kier alpha value is -8.03. The van der Waals surface area contributed by atoms with E-state index in [2.05, 4.69) is 108 Å². The third-order valence-electron chi connectivity index (χ3n) is 10.9. The highest BCUT2D eigenvalue weighted by Gasteiger charge is 2.23. The number of furan rings is 1. The molecular formula is C51H30N4O3. The van der Waals surface area contributed by atoms with Gasteiger partial charge in [0.15, 0.2) is 40.5 Å². The molecule has 1 aliphatic rings. The van der Waals surface area contributed by atoms with Crippen LogP contribution in [-0.4, -0.2) is 19.5 Å². The first-order valence-corrected chi connectivity index (χ1v) is 19.2. The minimum Gasteiger partial charge on any atom is -0.456 e. The Kier molecular flexibility index (Phi) is 7.09. The number of aromatic nitrogens is 4. The van der Waals surface area contributed by atoms with Crippen LogP contribution in [0, 0.1) is 0 Å². The maximum atomic E-state index is 6.44. The molecule has 272 valence electrons. The zero-order valence-corrected chi connectivity index (χ0v) is 30.8. The second kappa shape index (κ2) is 12.8. The molecule has 58 heavy (non-hydrogen) atoms. The van der Waals surface area contributed by atoms with Crippen molar-refractivity contribution in [3.63, 3.8) is 0 Å². The number of benzene rings is 8. The van der Waals surface area contributed by atoms with Gasteiger partial charge in [0.05, 0.1) is 11.0 Å². The van der Waals surface area contributed by atoms with E-state index in [0.717, 1.165) is 55.4 Å². The number of hydrogen-bond acceptors (Lipinski definition) is 6. The molecular weight excluding hydrogens is 717 g/mol. The topological polar surface area (TPSA) is 75.2 Å². The Morgan fingerprint density at radius 1 is 0.328 bits per heavy atom. The third kappa shape index (κ3) is 5.25. The molecule has 12 rings (SSSR count). The van der Waals surface area contributed by atoms with Gasteiger partial charge in [0.1, 0.15) is 11.2 Å². The standard InChI is InChI=1S/C51H30N4O3/c1-2-10-32(11-3-1)49-52-50(54-51(53-49)34-22-25-36(26-23-34)55-41-15-7-4-12-37(41)38-13-5-8-16-42(38)55)33-20-18-31(19-21-33)35-24-27-44-46(28-35)58-47-29-40-39-14-6-9-17-43(39)56-45(40)30-48(47)57-44/h1-30H. The predicted molar refractivity (Wildman–Crippen MR) is 230 cm³/mol. The van der Waals surface area contributed by atoms with Crippen LogP contribution in [0.15, 0.2) is 186 Å². The monoisotopic (exact) mass is 746 g/mol. The van der Waals surface area contributed by atoms with E-state index in [1.807, 2.05) is 78.9 Å². The van der Waals surface area contributed by atoms with Gasteiger partial charge in [0.2, 0.25) is 0 Å². The van der Waals surface area contributed by atoms with Crippen LogP contribution in [0.4, 0.5) is 0 Å². The van der Waals surface area contributed by atoms with Gasteiger partial charge in [-0.05, 0) is 71.8 Å². The molecule has 1 aliphatic heterocycles. The normalized spacial score (nSPS) is 12.1. The number of nitrogens with zero attached hydrogens (tertiary/aromatic N) is 4. The van der Waals surface area contributed by atoms with E-state index in [4.69, 9.17) is 28.8 Å². The summed E-state index contributed by atoms with van der Waals surface area (Å²) >= 11 is 0. The maximum absolute atomic E-state index is 6.44. The van der Waals surface area contributed by atoms with Crippen LogP contribution in [0.1, 0.15) is 0 Å². The Morgan fingerprint density at radius 2 is 0.828 bits per heavy atom. The van der Waals surface area contributed by atoms with E-state index in [-0.39, 0.29) is 0 Å². The Labute approximate surface area is 332 Å². The number of para-hydroxylation sites is 3. The van der Waals surface area contributed by atoms with Crippen LogP contribution in [0.25, 0.3) is 94.7 Å². The van der Waals surface area contributed by atoms with Crippen LogP contribution in [0.5, 0.6) is 23.0 Å². The fourth-order valence-electron chi connectivity index (χ4n) is 8.10. The molecule has 0 atom stereocenters. The van der Waals surface area contributed by atoms with Crippen molar-refractivity contribution in [1.82, 2.24) is 19.5 Å². The van der Waals surface area contributed by atoms with Crippen molar-refractivity contribution >= 4 is 43.7 Å². The average molecular weight is 747 g/mol. The first-order valence-electron chi connectivity index (χ1n) is 19.2. The lowest BCUT2D eigenvalue weighted by atomic mass is 10.0. The predicted octanol–water partition coefficient (Wildman–Crippen LogP) is 13.4. The third-order valence-corrected chi connectivity index (χ3v) is 10.9. The molecule has 8 aromatic carbocycles. The minimum absolute atomic E-state index is 0.596. The lowest BCUT2D eigenvalue weighted by Gasteiger charge is -2.21. The highest BCUT2D eigenvalue weighted by Crippen LogP contribution is 2.49. The van der Waals surface area contributed by atoms with Gasteiger partial charge in [-0.2, -0.15) is 0 Å². The maximum Gasteiger partial charge on any atom is 0.173 e. The van der Waals surface area contributed by atoms with Crippen molar-refractivity contribution in [2.75, 3.05) is 0 Å². The summed E-state index contributed by atoms with van der Waals surface area (Å²) in [5.74, 6) is 4.40. The number of fused-ring (bicyclic) bond motifs is 8.